The van der Waals surface area contributed by atoms with Gasteiger partial charge in [-0.2, -0.15) is 0 Å². The molecule has 0 aliphatic heterocycles. The third kappa shape index (κ3) is 4.99. The predicted molar refractivity (Wildman–Crippen MR) is 128 cm³/mol. The van der Waals surface area contributed by atoms with Crippen LogP contribution >= 0.6 is 0 Å². The van der Waals surface area contributed by atoms with E-state index in [0.717, 1.165) is 24.0 Å². The molecule has 0 spiro atoms. The number of benzene rings is 2. The van der Waals surface area contributed by atoms with Gasteiger partial charge in [0.25, 0.3) is 0 Å². The maximum absolute atomic E-state index is 11.0. The van der Waals surface area contributed by atoms with Crippen molar-refractivity contribution in [3.8, 4) is 0 Å². The number of aromatic carboxylic acids is 1. The van der Waals surface area contributed by atoms with Crippen molar-refractivity contribution in [2.75, 3.05) is 0 Å². The topological polar surface area (TPSA) is 37.3 Å². The van der Waals surface area contributed by atoms with Crippen molar-refractivity contribution in [1.82, 2.24) is 0 Å². The molecule has 2 heteroatoms. The summed E-state index contributed by atoms with van der Waals surface area (Å²) in [5, 5.41) is 9.04. The molecule has 0 atom stereocenters. The minimum atomic E-state index is -0.901. The molecule has 0 fully saturated rings. The Hall–Kier alpha value is -2.87. The maximum Gasteiger partial charge on any atom is 0.335 e. The van der Waals surface area contributed by atoms with Crippen molar-refractivity contribution in [3.63, 3.8) is 0 Å². The summed E-state index contributed by atoms with van der Waals surface area (Å²) in [7, 11) is 0. The Balaban J connectivity index is 1.92. The van der Waals surface area contributed by atoms with E-state index in [1.54, 1.807) is 12.1 Å². The number of carboxylic acids is 1. The summed E-state index contributed by atoms with van der Waals surface area (Å²) in [5.74, 6) is -0.901. The lowest BCUT2D eigenvalue weighted by molar-refractivity contribution is 0.0697. The van der Waals surface area contributed by atoms with Gasteiger partial charge in [0.15, 0.2) is 0 Å². The first kappa shape index (κ1) is 21.8. The predicted octanol–water partition coefficient (Wildman–Crippen LogP) is 7.61. The van der Waals surface area contributed by atoms with E-state index in [1.807, 2.05) is 18.2 Å². The van der Waals surface area contributed by atoms with Crippen LogP contribution in [0.3, 0.4) is 0 Å². The largest absolute Gasteiger partial charge is 0.478 e. The van der Waals surface area contributed by atoms with E-state index in [0.29, 0.717) is 5.56 Å². The SMILES string of the molecule is CCC(C)(C)/C=C\C1=CCC(C)(C)c2ccc(/C=C/c3ccc(C(=O)O)cc3)cc21. The molecular weight excluding hydrogens is 368 g/mol. The number of hydrogen-bond acceptors (Lipinski definition) is 1. The molecule has 0 unspecified atom stereocenters. The monoisotopic (exact) mass is 400 g/mol. The first-order chi connectivity index (χ1) is 14.1. The zero-order chi connectivity index (χ0) is 21.9. The Kier molecular flexibility index (Phi) is 6.17. The summed E-state index contributed by atoms with van der Waals surface area (Å²) in [6.07, 6.45) is 13.2. The lowest BCUT2D eigenvalue weighted by atomic mass is 9.72. The molecule has 1 aliphatic rings. The van der Waals surface area contributed by atoms with E-state index in [9.17, 15) is 4.79 Å². The van der Waals surface area contributed by atoms with Crippen LogP contribution in [0.5, 0.6) is 0 Å². The molecule has 0 aromatic heterocycles. The van der Waals surface area contributed by atoms with Crippen LogP contribution in [0.1, 0.15) is 80.1 Å². The highest BCUT2D eigenvalue weighted by molar-refractivity contribution is 5.88. The van der Waals surface area contributed by atoms with Crippen LogP contribution in [0.15, 0.2) is 60.7 Å². The zero-order valence-corrected chi connectivity index (χ0v) is 18.7. The lowest BCUT2D eigenvalue weighted by Crippen LogP contribution is -2.21. The number of fused-ring (bicyclic) bond motifs is 1. The van der Waals surface area contributed by atoms with Crippen molar-refractivity contribution in [2.24, 2.45) is 5.41 Å². The van der Waals surface area contributed by atoms with Crippen molar-refractivity contribution < 1.29 is 9.90 Å². The smallest absolute Gasteiger partial charge is 0.335 e. The molecule has 0 amide bonds. The van der Waals surface area contributed by atoms with Gasteiger partial charge in [0.05, 0.1) is 5.56 Å². The molecule has 156 valence electrons. The van der Waals surface area contributed by atoms with Gasteiger partial charge in [0.2, 0.25) is 0 Å². The maximum atomic E-state index is 11.0. The second kappa shape index (κ2) is 8.47. The minimum absolute atomic E-state index is 0.127. The Labute approximate surface area is 180 Å². The summed E-state index contributed by atoms with van der Waals surface area (Å²) in [5.41, 5.74) is 6.74. The lowest BCUT2D eigenvalue weighted by Gasteiger charge is -2.32. The fourth-order valence-electron chi connectivity index (χ4n) is 3.60. The molecule has 0 saturated heterocycles. The van der Waals surface area contributed by atoms with Crippen LogP contribution < -0.4 is 0 Å². The average Bonchev–Trinajstić information content (AvgIpc) is 2.72. The molecule has 1 aliphatic carbocycles. The first-order valence-corrected chi connectivity index (χ1v) is 10.7. The van der Waals surface area contributed by atoms with Crippen LogP contribution in [0.2, 0.25) is 0 Å². The van der Waals surface area contributed by atoms with Crippen LogP contribution in [0.25, 0.3) is 17.7 Å². The van der Waals surface area contributed by atoms with E-state index < -0.39 is 5.97 Å². The molecule has 0 bridgehead atoms. The van der Waals surface area contributed by atoms with Crippen molar-refractivity contribution in [1.29, 1.82) is 0 Å². The van der Waals surface area contributed by atoms with Crippen molar-refractivity contribution in [3.05, 3.63) is 88.5 Å². The van der Waals surface area contributed by atoms with Gasteiger partial charge in [-0.15, -0.1) is 0 Å². The van der Waals surface area contributed by atoms with E-state index in [2.05, 4.69) is 77.1 Å². The molecule has 2 nitrogen and oxygen atoms in total. The fourth-order valence-corrected chi connectivity index (χ4v) is 3.60. The quantitative estimate of drug-likeness (QED) is 0.507. The molecule has 0 saturated carbocycles. The van der Waals surface area contributed by atoms with Crippen LogP contribution in [0, 0.1) is 5.41 Å². The molecule has 2 aromatic rings. The molecule has 0 radical (unpaired) electrons. The summed E-state index contributed by atoms with van der Waals surface area (Å²) in [6.45, 7) is 11.4. The number of carbonyl (C=O) groups is 1. The average molecular weight is 401 g/mol. The van der Waals surface area contributed by atoms with E-state index in [1.165, 1.54) is 16.7 Å². The van der Waals surface area contributed by atoms with Crippen LogP contribution in [0.4, 0.5) is 0 Å². The Morgan fingerprint density at radius 3 is 2.30 bits per heavy atom. The fraction of sp³-hybridized carbons (Fsp3) is 0.321. The standard InChI is InChI=1S/C28H32O2/c1-6-27(2,3)17-15-22-16-18-28(4,5)25-14-11-21(19-24(22)25)8-7-20-9-12-23(13-10-20)26(29)30/h7-17,19H,6,18H2,1-5H3,(H,29,30)/b8-7+,17-15-. The molecule has 3 rings (SSSR count). The highest BCUT2D eigenvalue weighted by Gasteiger charge is 2.27. The second-order valence-electron chi connectivity index (χ2n) is 9.49. The van der Waals surface area contributed by atoms with E-state index in [4.69, 9.17) is 5.11 Å². The molecule has 1 N–H and O–H groups in total. The second-order valence-corrected chi connectivity index (χ2v) is 9.49. The number of rotatable bonds is 6. The molecule has 2 aromatic carbocycles. The van der Waals surface area contributed by atoms with Crippen molar-refractivity contribution in [2.45, 2.75) is 52.9 Å². The Bertz CT molecular complexity index is 1020. The first-order valence-electron chi connectivity index (χ1n) is 10.7. The van der Waals surface area contributed by atoms with E-state index >= 15 is 0 Å². The third-order valence-corrected chi connectivity index (χ3v) is 6.17. The summed E-state index contributed by atoms with van der Waals surface area (Å²) in [4.78, 5) is 11.0. The number of allylic oxidation sites excluding steroid dienone is 4. The molecule has 0 heterocycles. The number of hydrogen-bond donors (Lipinski definition) is 1. The highest BCUT2D eigenvalue weighted by atomic mass is 16.4. The van der Waals surface area contributed by atoms with Gasteiger partial charge in [0, 0.05) is 0 Å². The van der Waals surface area contributed by atoms with Gasteiger partial charge < -0.3 is 5.11 Å². The van der Waals surface area contributed by atoms with Crippen molar-refractivity contribution >= 4 is 23.7 Å². The van der Waals surface area contributed by atoms with E-state index in [-0.39, 0.29) is 10.8 Å². The van der Waals surface area contributed by atoms with Gasteiger partial charge in [-0.05, 0) is 69.7 Å². The summed E-state index contributed by atoms with van der Waals surface area (Å²) in [6, 6.07) is 13.6. The highest BCUT2D eigenvalue weighted by Crippen LogP contribution is 2.40. The minimum Gasteiger partial charge on any atom is -0.478 e. The Morgan fingerprint density at radius 2 is 1.67 bits per heavy atom. The molecular formula is C28H32O2. The van der Waals surface area contributed by atoms with Gasteiger partial charge in [-0.1, -0.05) is 89.3 Å². The van der Waals surface area contributed by atoms with Gasteiger partial charge in [-0.25, -0.2) is 4.79 Å². The van der Waals surface area contributed by atoms with Gasteiger partial charge in [0.1, 0.15) is 0 Å². The number of carboxylic acid groups (broad SMARTS) is 1. The Morgan fingerprint density at radius 1 is 1.03 bits per heavy atom. The van der Waals surface area contributed by atoms with Crippen LogP contribution in [-0.2, 0) is 5.41 Å². The normalized spacial score (nSPS) is 16.0. The zero-order valence-electron chi connectivity index (χ0n) is 18.7. The summed E-state index contributed by atoms with van der Waals surface area (Å²) >= 11 is 0. The molecule has 30 heavy (non-hydrogen) atoms. The third-order valence-electron chi connectivity index (χ3n) is 6.17. The van der Waals surface area contributed by atoms with Gasteiger partial charge in [-0.3, -0.25) is 0 Å². The van der Waals surface area contributed by atoms with Gasteiger partial charge >= 0.3 is 5.97 Å². The van der Waals surface area contributed by atoms with Crippen LogP contribution in [-0.4, -0.2) is 11.1 Å². The summed E-state index contributed by atoms with van der Waals surface area (Å²) < 4.78 is 0.